The van der Waals surface area contributed by atoms with E-state index < -0.39 is 5.82 Å². The summed E-state index contributed by atoms with van der Waals surface area (Å²) in [7, 11) is 1.60. The number of hydrogen-bond acceptors (Lipinski definition) is 5. The van der Waals surface area contributed by atoms with Crippen LogP contribution in [0.4, 0.5) is 10.3 Å². The molecule has 1 aromatic carbocycles. The first-order valence-electron chi connectivity index (χ1n) is 7.03. The van der Waals surface area contributed by atoms with Gasteiger partial charge in [0.15, 0.2) is 5.78 Å². The van der Waals surface area contributed by atoms with Crippen molar-refractivity contribution in [3.63, 3.8) is 0 Å². The third-order valence-corrected chi connectivity index (χ3v) is 3.79. The number of morpholine rings is 1. The third-order valence-electron chi connectivity index (χ3n) is 3.79. The van der Waals surface area contributed by atoms with Crippen molar-refractivity contribution >= 4 is 22.6 Å². The summed E-state index contributed by atoms with van der Waals surface area (Å²) in [5, 5.41) is 0.115. The number of fused-ring (bicyclic) bond motifs is 1. The molecule has 6 nitrogen and oxygen atoms in total. The second-order valence-corrected chi connectivity index (χ2v) is 5.28. The first kappa shape index (κ1) is 14.6. The fourth-order valence-electron chi connectivity index (χ4n) is 2.64. The SMILES string of the molecule is CC(=O)c1cc(F)cc2c(=O)n(C)c(N3CCOCC3)nc12. The molecular formula is C15H16FN3O3. The molecule has 22 heavy (non-hydrogen) atoms. The molecule has 0 bridgehead atoms. The molecule has 0 spiro atoms. The molecule has 0 atom stereocenters. The Labute approximate surface area is 126 Å². The molecule has 2 aromatic rings. The molecular weight excluding hydrogens is 289 g/mol. The molecule has 1 aliphatic heterocycles. The number of halogens is 1. The second-order valence-electron chi connectivity index (χ2n) is 5.28. The lowest BCUT2D eigenvalue weighted by Crippen LogP contribution is -2.40. The highest BCUT2D eigenvalue weighted by atomic mass is 19.1. The lowest BCUT2D eigenvalue weighted by atomic mass is 10.1. The van der Waals surface area contributed by atoms with Crippen molar-refractivity contribution < 1.29 is 13.9 Å². The number of carbonyl (C=O) groups excluding carboxylic acids is 1. The average Bonchev–Trinajstić information content (AvgIpc) is 2.51. The quantitative estimate of drug-likeness (QED) is 0.778. The summed E-state index contributed by atoms with van der Waals surface area (Å²) in [4.78, 5) is 30.6. The van der Waals surface area contributed by atoms with Crippen molar-refractivity contribution in [3.05, 3.63) is 33.9 Å². The van der Waals surface area contributed by atoms with Gasteiger partial charge in [-0.2, -0.15) is 0 Å². The molecule has 0 saturated carbocycles. The molecule has 7 heteroatoms. The van der Waals surface area contributed by atoms with E-state index in [-0.39, 0.29) is 27.8 Å². The molecule has 0 aliphatic carbocycles. The van der Waals surface area contributed by atoms with Crippen molar-refractivity contribution in [2.45, 2.75) is 6.92 Å². The normalized spacial score (nSPS) is 15.3. The predicted octanol–water partition coefficient (Wildman–Crippen LogP) is 1.11. The minimum Gasteiger partial charge on any atom is -0.378 e. The van der Waals surface area contributed by atoms with E-state index in [0.717, 1.165) is 12.1 Å². The summed E-state index contributed by atoms with van der Waals surface area (Å²) in [6.45, 7) is 3.67. The number of ketones is 1. The van der Waals surface area contributed by atoms with Gasteiger partial charge in [-0.05, 0) is 19.1 Å². The third kappa shape index (κ3) is 2.37. The van der Waals surface area contributed by atoms with Gasteiger partial charge in [0, 0.05) is 25.7 Å². The van der Waals surface area contributed by atoms with Crippen LogP contribution in [0.15, 0.2) is 16.9 Å². The summed E-state index contributed by atoms with van der Waals surface area (Å²) in [5.74, 6) is -0.469. The van der Waals surface area contributed by atoms with Crippen LogP contribution in [0.25, 0.3) is 10.9 Å². The first-order chi connectivity index (χ1) is 10.5. The minimum atomic E-state index is -0.615. The largest absolute Gasteiger partial charge is 0.378 e. The van der Waals surface area contributed by atoms with E-state index in [1.807, 2.05) is 4.90 Å². The maximum absolute atomic E-state index is 13.7. The highest BCUT2D eigenvalue weighted by Gasteiger charge is 2.20. The standard InChI is InChI=1S/C15H16FN3O3/c1-9(20)11-7-10(16)8-12-13(11)17-15(18(2)14(12)21)19-3-5-22-6-4-19/h7-8H,3-6H2,1-2H3. The molecule has 0 N–H and O–H groups in total. The van der Waals surface area contributed by atoms with Gasteiger partial charge in [-0.1, -0.05) is 0 Å². The van der Waals surface area contributed by atoms with E-state index in [1.165, 1.54) is 11.5 Å². The van der Waals surface area contributed by atoms with E-state index >= 15 is 0 Å². The highest BCUT2D eigenvalue weighted by Crippen LogP contribution is 2.20. The molecule has 3 rings (SSSR count). The summed E-state index contributed by atoms with van der Waals surface area (Å²) < 4.78 is 20.4. The van der Waals surface area contributed by atoms with Crippen molar-refractivity contribution in [1.82, 2.24) is 9.55 Å². The molecule has 1 saturated heterocycles. The number of rotatable bonds is 2. The van der Waals surface area contributed by atoms with E-state index in [0.29, 0.717) is 32.3 Å². The average molecular weight is 305 g/mol. The van der Waals surface area contributed by atoms with Crippen LogP contribution in [0.5, 0.6) is 0 Å². The zero-order valence-electron chi connectivity index (χ0n) is 12.4. The molecule has 1 fully saturated rings. The van der Waals surface area contributed by atoms with E-state index in [1.54, 1.807) is 7.05 Å². The van der Waals surface area contributed by atoms with Gasteiger partial charge < -0.3 is 9.64 Å². The van der Waals surface area contributed by atoms with Gasteiger partial charge in [-0.25, -0.2) is 9.37 Å². The van der Waals surface area contributed by atoms with Crippen molar-refractivity contribution in [2.75, 3.05) is 31.2 Å². The van der Waals surface area contributed by atoms with Gasteiger partial charge in [0.05, 0.1) is 24.1 Å². The van der Waals surface area contributed by atoms with E-state index in [4.69, 9.17) is 4.74 Å². The van der Waals surface area contributed by atoms with Gasteiger partial charge in [-0.3, -0.25) is 14.2 Å². The van der Waals surface area contributed by atoms with Crippen LogP contribution in [0.2, 0.25) is 0 Å². The van der Waals surface area contributed by atoms with Crippen LogP contribution in [0.3, 0.4) is 0 Å². The smallest absolute Gasteiger partial charge is 0.262 e. The second kappa shape index (κ2) is 5.49. The highest BCUT2D eigenvalue weighted by molar-refractivity contribution is 6.05. The van der Waals surface area contributed by atoms with E-state index in [2.05, 4.69) is 4.98 Å². The minimum absolute atomic E-state index is 0.115. The van der Waals surface area contributed by atoms with Crippen LogP contribution in [0.1, 0.15) is 17.3 Å². The Kier molecular flexibility index (Phi) is 3.66. The van der Waals surface area contributed by atoms with Crippen molar-refractivity contribution in [3.8, 4) is 0 Å². The monoisotopic (exact) mass is 305 g/mol. The van der Waals surface area contributed by atoms with Gasteiger partial charge >= 0.3 is 0 Å². The van der Waals surface area contributed by atoms with Gasteiger partial charge in [0.25, 0.3) is 5.56 Å². The Hall–Kier alpha value is -2.28. The maximum Gasteiger partial charge on any atom is 0.262 e. The molecule has 1 aromatic heterocycles. The summed E-state index contributed by atoms with van der Waals surface area (Å²) in [5.41, 5.74) is 0.00851. The summed E-state index contributed by atoms with van der Waals surface area (Å²) in [6.07, 6.45) is 0. The Morgan fingerprint density at radius 1 is 1.32 bits per heavy atom. The fourth-order valence-corrected chi connectivity index (χ4v) is 2.64. The number of aromatic nitrogens is 2. The van der Waals surface area contributed by atoms with Crippen LogP contribution in [-0.4, -0.2) is 41.6 Å². The number of anilines is 1. The number of ether oxygens (including phenoxy) is 1. The fraction of sp³-hybridized carbons (Fsp3) is 0.400. The van der Waals surface area contributed by atoms with Crippen LogP contribution < -0.4 is 10.5 Å². The van der Waals surface area contributed by atoms with Crippen LogP contribution in [-0.2, 0) is 11.8 Å². The molecule has 0 amide bonds. The number of carbonyl (C=O) groups is 1. The topological polar surface area (TPSA) is 64.4 Å². The lowest BCUT2D eigenvalue weighted by Gasteiger charge is -2.29. The molecule has 2 heterocycles. The zero-order valence-corrected chi connectivity index (χ0v) is 12.4. The number of benzene rings is 1. The van der Waals surface area contributed by atoms with Gasteiger partial charge in [-0.15, -0.1) is 0 Å². The van der Waals surface area contributed by atoms with Gasteiger partial charge in [0.2, 0.25) is 5.95 Å². The predicted molar refractivity (Wildman–Crippen MR) is 80.0 cm³/mol. The Balaban J connectivity index is 2.29. The summed E-state index contributed by atoms with van der Waals surface area (Å²) in [6, 6.07) is 2.25. The van der Waals surface area contributed by atoms with Gasteiger partial charge in [0.1, 0.15) is 5.82 Å². The Bertz CT molecular complexity index is 810. The summed E-state index contributed by atoms with van der Waals surface area (Å²) >= 11 is 0. The zero-order chi connectivity index (χ0) is 15.9. The number of nitrogens with zero attached hydrogens (tertiary/aromatic N) is 3. The first-order valence-corrected chi connectivity index (χ1v) is 7.03. The van der Waals surface area contributed by atoms with Crippen LogP contribution in [0, 0.1) is 5.82 Å². The van der Waals surface area contributed by atoms with Crippen molar-refractivity contribution in [1.29, 1.82) is 0 Å². The van der Waals surface area contributed by atoms with E-state index in [9.17, 15) is 14.0 Å². The number of hydrogen-bond donors (Lipinski definition) is 0. The Morgan fingerprint density at radius 3 is 2.64 bits per heavy atom. The molecule has 1 aliphatic rings. The Morgan fingerprint density at radius 2 is 2.00 bits per heavy atom. The lowest BCUT2D eigenvalue weighted by molar-refractivity contribution is 0.101. The molecule has 0 radical (unpaired) electrons. The molecule has 116 valence electrons. The maximum atomic E-state index is 13.7. The van der Waals surface area contributed by atoms with Crippen LogP contribution >= 0.6 is 0 Å². The number of Topliss-reactive ketones (excluding diaryl/α,β-unsaturated/α-hetero) is 1. The molecule has 0 unspecified atom stereocenters. The van der Waals surface area contributed by atoms with Crippen molar-refractivity contribution in [2.24, 2.45) is 7.05 Å².